The van der Waals surface area contributed by atoms with Crippen molar-refractivity contribution in [1.82, 2.24) is 5.32 Å². The van der Waals surface area contributed by atoms with E-state index in [1.807, 2.05) is 12.1 Å². The first-order valence-electron chi connectivity index (χ1n) is 9.75. The number of anilines is 1. The van der Waals surface area contributed by atoms with Crippen molar-refractivity contribution in [1.29, 1.82) is 0 Å². The quantitative estimate of drug-likeness (QED) is 0.738. The van der Waals surface area contributed by atoms with E-state index in [2.05, 4.69) is 38.2 Å². The number of nitrogens with zero attached hydrogens (tertiary/aromatic N) is 1. The van der Waals surface area contributed by atoms with E-state index in [-0.39, 0.29) is 17.7 Å². The van der Waals surface area contributed by atoms with Crippen LogP contribution in [0.25, 0.3) is 0 Å². The average molecular weight is 344 g/mol. The smallest absolute Gasteiger partial charge is 0.227 e. The molecule has 1 aromatic carbocycles. The Bertz CT molecular complexity index is 568. The molecule has 2 atom stereocenters. The van der Waals surface area contributed by atoms with E-state index in [1.165, 1.54) is 18.4 Å². The first kappa shape index (κ1) is 19.5. The number of carbonyl (C=O) groups excluding carboxylic acids is 2. The van der Waals surface area contributed by atoms with Crippen molar-refractivity contribution in [3.8, 4) is 0 Å². The van der Waals surface area contributed by atoms with Gasteiger partial charge in [0.05, 0.1) is 5.92 Å². The molecule has 0 radical (unpaired) electrons. The molecule has 1 aromatic rings. The number of aryl methyl sites for hydroxylation is 1. The van der Waals surface area contributed by atoms with Crippen molar-refractivity contribution in [2.45, 2.75) is 59.3 Å². The summed E-state index contributed by atoms with van der Waals surface area (Å²) in [6.45, 7) is 7.69. The van der Waals surface area contributed by atoms with Gasteiger partial charge < -0.3 is 10.2 Å². The van der Waals surface area contributed by atoms with Gasteiger partial charge in [0.15, 0.2) is 0 Å². The molecule has 4 heteroatoms. The first-order chi connectivity index (χ1) is 12.1. The van der Waals surface area contributed by atoms with Crippen molar-refractivity contribution < 1.29 is 9.59 Å². The molecule has 1 aliphatic heterocycles. The molecule has 0 spiro atoms. The van der Waals surface area contributed by atoms with Crippen molar-refractivity contribution in [3.05, 3.63) is 29.8 Å². The summed E-state index contributed by atoms with van der Waals surface area (Å²) in [6.07, 6.45) is 5.93. The molecule has 0 bridgehead atoms. The van der Waals surface area contributed by atoms with E-state index in [0.717, 1.165) is 31.5 Å². The zero-order valence-corrected chi connectivity index (χ0v) is 15.9. The van der Waals surface area contributed by atoms with Crippen LogP contribution in [0.5, 0.6) is 0 Å². The van der Waals surface area contributed by atoms with Crippen molar-refractivity contribution >= 4 is 17.5 Å². The van der Waals surface area contributed by atoms with E-state index in [0.29, 0.717) is 18.9 Å². The van der Waals surface area contributed by atoms with Gasteiger partial charge in [0.25, 0.3) is 0 Å². The van der Waals surface area contributed by atoms with E-state index < -0.39 is 0 Å². The SMILES string of the molecule is CCCC[C@@H](CC)CNC(=O)[C@H]1CC(=O)N(c2ccc(CC)cc2)C1. The first-order valence-corrected chi connectivity index (χ1v) is 9.75. The summed E-state index contributed by atoms with van der Waals surface area (Å²) in [5, 5.41) is 3.08. The Balaban J connectivity index is 1.88. The zero-order chi connectivity index (χ0) is 18.2. The summed E-state index contributed by atoms with van der Waals surface area (Å²) in [6, 6.07) is 8.06. The minimum atomic E-state index is -0.234. The number of unbranched alkanes of at least 4 members (excludes halogenated alkanes) is 1. The maximum atomic E-state index is 12.5. The van der Waals surface area contributed by atoms with E-state index in [9.17, 15) is 9.59 Å². The normalized spacial score (nSPS) is 18.4. The van der Waals surface area contributed by atoms with E-state index in [4.69, 9.17) is 0 Å². The summed E-state index contributed by atoms with van der Waals surface area (Å²) in [4.78, 5) is 26.5. The van der Waals surface area contributed by atoms with Crippen LogP contribution in [0.2, 0.25) is 0 Å². The molecule has 25 heavy (non-hydrogen) atoms. The van der Waals surface area contributed by atoms with Gasteiger partial charge in [-0.25, -0.2) is 0 Å². The summed E-state index contributed by atoms with van der Waals surface area (Å²) in [5.41, 5.74) is 2.15. The highest BCUT2D eigenvalue weighted by atomic mass is 16.2. The van der Waals surface area contributed by atoms with E-state index in [1.54, 1.807) is 4.90 Å². The highest BCUT2D eigenvalue weighted by molar-refractivity contribution is 6.00. The number of benzene rings is 1. The lowest BCUT2D eigenvalue weighted by molar-refractivity contribution is -0.126. The molecular formula is C21H32N2O2. The van der Waals surface area contributed by atoms with Crippen molar-refractivity contribution in [2.75, 3.05) is 18.0 Å². The van der Waals surface area contributed by atoms with Crippen LogP contribution >= 0.6 is 0 Å². The Morgan fingerprint density at radius 1 is 1.24 bits per heavy atom. The largest absolute Gasteiger partial charge is 0.356 e. The fourth-order valence-corrected chi connectivity index (χ4v) is 3.38. The number of hydrogen-bond donors (Lipinski definition) is 1. The fraction of sp³-hybridized carbons (Fsp3) is 0.619. The van der Waals surface area contributed by atoms with Gasteiger partial charge in [0, 0.05) is 25.2 Å². The van der Waals surface area contributed by atoms with Gasteiger partial charge in [-0.1, -0.05) is 52.2 Å². The van der Waals surface area contributed by atoms with Crippen LogP contribution in [0.1, 0.15) is 58.4 Å². The molecule has 1 aliphatic rings. The fourth-order valence-electron chi connectivity index (χ4n) is 3.38. The molecule has 1 heterocycles. The Morgan fingerprint density at radius 3 is 2.56 bits per heavy atom. The molecule has 0 saturated carbocycles. The Hall–Kier alpha value is -1.84. The van der Waals surface area contributed by atoms with Crippen LogP contribution in [0, 0.1) is 11.8 Å². The number of carbonyl (C=O) groups is 2. The minimum absolute atomic E-state index is 0.0241. The van der Waals surface area contributed by atoms with Crippen LogP contribution in [-0.2, 0) is 16.0 Å². The summed E-state index contributed by atoms with van der Waals surface area (Å²) in [5.74, 6) is 0.374. The number of hydrogen-bond acceptors (Lipinski definition) is 2. The monoisotopic (exact) mass is 344 g/mol. The lowest BCUT2D eigenvalue weighted by atomic mass is 9.99. The number of nitrogens with one attached hydrogen (secondary N) is 1. The molecule has 1 saturated heterocycles. The Morgan fingerprint density at radius 2 is 1.96 bits per heavy atom. The summed E-state index contributed by atoms with van der Waals surface area (Å²) < 4.78 is 0. The molecule has 2 rings (SSSR count). The predicted octanol–water partition coefficient (Wildman–Crippen LogP) is 3.93. The molecule has 2 amide bonds. The summed E-state index contributed by atoms with van der Waals surface area (Å²) >= 11 is 0. The van der Waals surface area contributed by atoms with E-state index >= 15 is 0 Å². The van der Waals surface area contributed by atoms with Gasteiger partial charge >= 0.3 is 0 Å². The average Bonchev–Trinajstić information content (AvgIpc) is 3.03. The minimum Gasteiger partial charge on any atom is -0.356 e. The van der Waals surface area contributed by atoms with Crippen molar-refractivity contribution in [3.63, 3.8) is 0 Å². The molecule has 1 N–H and O–H groups in total. The molecule has 4 nitrogen and oxygen atoms in total. The Kier molecular flexibility index (Phi) is 7.48. The highest BCUT2D eigenvalue weighted by Gasteiger charge is 2.35. The lowest BCUT2D eigenvalue weighted by Crippen LogP contribution is -2.35. The lowest BCUT2D eigenvalue weighted by Gasteiger charge is -2.18. The molecule has 0 unspecified atom stereocenters. The van der Waals surface area contributed by atoms with Gasteiger partial charge in [0.1, 0.15) is 0 Å². The maximum absolute atomic E-state index is 12.5. The van der Waals surface area contributed by atoms with Gasteiger partial charge in [-0.3, -0.25) is 9.59 Å². The molecule has 1 fully saturated rings. The van der Waals surface area contributed by atoms with Crippen LogP contribution in [0.4, 0.5) is 5.69 Å². The molecule has 0 aliphatic carbocycles. The Labute approximate surface area is 152 Å². The van der Waals surface area contributed by atoms with Gasteiger partial charge in [-0.15, -0.1) is 0 Å². The highest BCUT2D eigenvalue weighted by Crippen LogP contribution is 2.25. The third-order valence-electron chi connectivity index (χ3n) is 5.26. The second-order valence-electron chi connectivity index (χ2n) is 7.09. The standard InChI is InChI=1S/C21H32N2O2/c1-4-7-8-17(6-3)14-22-21(25)18-13-20(24)23(15-18)19-11-9-16(5-2)10-12-19/h9-12,17-18H,4-8,13-15H2,1-3H3,(H,22,25)/t17-,18+/m1/s1. The van der Waals surface area contributed by atoms with Gasteiger partial charge in [-0.05, 0) is 36.5 Å². The van der Waals surface area contributed by atoms with Crippen LogP contribution < -0.4 is 10.2 Å². The van der Waals surface area contributed by atoms with Crippen LogP contribution in [0.3, 0.4) is 0 Å². The topological polar surface area (TPSA) is 49.4 Å². The van der Waals surface area contributed by atoms with Crippen molar-refractivity contribution in [2.24, 2.45) is 11.8 Å². The zero-order valence-electron chi connectivity index (χ0n) is 15.9. The maximum Gasteiger partial charge on any atom is 0.227 e. The van der Waals surface area contributed by atoms with Gasteiger partial charge in [-0.2, -0.15) is 0 Å². The second kappa shape index (κ2) is 9.59. The van der Waals surface area contributed by atoms with Gasteiger partial charge in [0.2, 0.25) is 11.8 Å². The molecule has 138 valence electrons. The predicted molar refractivity (Wildman–Crippen MR) is 103 cm³/mol. The molecular weight excluding hydrogens is 312 g/mol. The number of amides is 2. The summed E-state index contributed by atoms with van der Waals surface area (Å²) in [7, 11) is 0. The second-order valence-corrected chi connectivity index (χ2v) is 7.09. The number of rotatable bonds is 9. The third-order valence-corrected chi connectivity index (χ3v) is 5.26. The van der Waals surface area contributed by atoms with Crippen LogP contribution in [-0.4, -0.2) is 24.9 Å². The molecule has 0 aromatic heterocycles. The van der Waals surface area contributed by atoms with Crippen LogP contribution in [0.15, 0.2) is 24.3 Å². The third kappa shape index (κ3) is 5.32.